The van der Waals surface area contributed by atoms with Gasteiger partial charge in [0.25, 0.3) is 0 Å². The Morgan fingerprint density at radius 2 is 2.11 bits per heavy atom. The molecule has 0 unspecified atom stereocenters. The minimum Gasteiger partial charge on any atom is -0.507 e. The van der Waals surface area contributed by atoms with Gasteiger partial charge in [-0.15, -0.1) is 0 Å². The topological polar surface area (TPSA) is 57.8 Å². The highest BCUT2D eigenvalue weighted by Crippen LogP contribution is 2.31. The van der Waals surface area contributed by atoms with Crippen molar-refractivity contribution in [2.24, 2.45) is 0 Å². The Balaban J connectivity index is 2.23. The van der Waals surface area contributed by atoms with Gasteiger partial charge < -0.3 is 14.6 Å². The molecular weight excluding hydrogens is 264 g/mol. The van der Waals surface area contributed by atoms with Gasteiger partial charge in [0.2, 0.25) is 0 Å². The summed E-state index contributed by atoms with van der Waals surface area (Å²) in [6.45, 7) is -0.0810. The first kappa shape index (κ1) is 12.0. The van der Waals surface area contributed by atoms with E-state index in [1.165, 1.54) is 6.07 Å². The van der Waals surface area contributed by atoms with Crippen molar-refractivity contribution >= 4 is 17.2 Å². The number of rotatable bonds is 2. The summed E-state index contributed by atoms with van der Waals surface area (Å²) in [6.07, 6.45) is 3.63. The predicted octanol–water partition coefficient (Wildman–Crippen LogP) is 2.85. The first-order chi connectivity index (χ1) is 9.19. The molecule has 0 aliphatic rings. The molecule has 0 radical (unpaired) electrons. The predicted molar refractivity (Wildman–Crippen MR) is 73.2 cm³/mol. The molecule has 0 spiro atoms. The van der Waals surface area contributed by atoms with Crippen molar-refractivity contribution in [2.75, 3.05) is 0 Å². The molecule has 19 heavy (non-hydrogen) atoms. The molecule has 0 saturated carbocycles. The number of aromatic nitrogens is 2. The Bertz CT molecular complexity index is 752. The zero-order valence-electron chi connectivity index (χ0n) is 9.92. The molecule has 0 aliphatic heterocycles. The smallest absolute Gasteiger partial charge is 0.142 e. The van der Waals surface area contributed by atoms with Gasteiger partial charge in [-0.25, -0.2) is 4.98 Å². The van der Waals surface area contributed by atoms with Crippen LogP contribution in [0, 0.1) is 0 Å². The fraction of sp³-hybridized carbons (Fsp3) is 0.0714. The van der Waals surface area contributed by atoms with Gasteiger partial charge in [-0.3, -0.25) is 0 Å². The van der Waals surface area contributed by atoms with Crippen LogP contribution in [0.5, 0.6) is 5.75 Å². The molecular formula is C14H11ClN2O2. The zero-order valence-corrected chi connectivity index (χ0v) is 10.7. The van der Waals surface area contributed by atoms with Gasteiger partial charge >= 0.3 is 0 Å². The van der Waals surface area contributed by atoms with Gasteiger partial charge in [-0.05, 0) is 24.3 Å². The first-order valence-corrected chi connectivity index (χ1v) is 6.13. The number of aliphatic hydroxyl groups excluding tert-OH is 1. The van der Waals surface area contributed by atoms with Crippen LogP contribution in [0.3, 0.4) is 0 Å². The van der Waals surface area contributed by atoms with E-state index in [2.05, 4.69) is 4.98 Å². The molecule has 3 rings (SSSR count). The van der Waals surface area contributed by atoms with Crippen LogP contribution >= 0.6 is 11.6 Å². The molecule has 2 heterocycles. The van der Waals surface area contributed by atoms with Crippen molar-refractivity contribution in [3.05, 3.63) is 53.3 Å². The summed E-state index contributed by atoms with van der Waals surface area (Å²) >= 11 is 5.94. The van der Waals surface area contributed by atoms with Crippen molar-refractivity contribution in [1.29, 1.82) is 0 Å². The molecule has 96 valence electrons. The second-order valence-electron chi connectivity index (χ2n) is 4.21. The molecule has 0 amide bonds. The van der Waals surface area contributed by atoms with E-state index in [0.717, 1.165) is 5.56 Å². The number of imidazole rings is 1. The second-order valence-corrected chi connectivity index (χ2v) is 4.65. The third kappa shape index (κ3) is 2.05. The maximum absolute atomic E-state index is 9.88. The van der Waals surface area contributed by atoms with E-state index < -0.39 is 0 Å². The van der Waals surface area contributed by atoms with Gasteiger partial charge in [0.1, 0.15) is 11.4 Å². The van der Waals surface area contributed by atoms with Crippen molar-refractivity contribution in [2.45, 2.75) is 6.61 Å². The fourth-order valence-corrected chi connectivity index (χ4v) is 2.21. The number of fused-ring (bicyclic) bond motifs is 1. The fourth-order valence-electron chi connectivity index (χ4n) is 2.04. The van der Waals surface area contributed by atoms with Gasteiger partial charge in [0.15, 0.2) is 0 Å². The van der Waals surface area contributed by atoms with E-state index in [0.29, 0.717) is 21.9 Å². The molecule has 0 fully saturated rings. The Morgan fingerprint density at radius 1 is 1.26 bits per heavy atom. The van der Waals surface area contributed by atoms with Crippen LogP contribution in [0.25, 0.3) is 16.9 Å². The van der Waals surface area contributed by atoms with Crippen LogP contribution in [-0.2, 0) is 6.61 Å². The maximum Gasteiger partial charge on any atom is 0.142 e. The third-order valence-corrected chi connectivity index (χ3v) is 3.20. The van der Waals surface area contributed by atoms with E-state index in [-0.39, 0.29) is 12.4 Å². The number of phenols is 1. The average Bonchev–Trinajstić information content (AvgIpc) is 2.85. The Hall–Kier alpha value is -2.04. The largest absolute Gasteiger partial charge is 0.507 e. The summed E-state index contributed by atoms with van der Waals surface area (Å²) in [5, 5.41) is 19.7. The molecule has 0 bridgehead atoms. The van der Waals surface area contributed by atoms with Crippen LogP contribution in [-0.4, -0.2) is 19.6 Å². The minimum absolute atomic E-state index is 0.0810. The maximum atomic E-state index is 9.88. The Labute approximate surface area is 114 Å². The van der Waals surface area contributed by atoms with Gasteiger partial charge in [-0.1, -0.05) is 17.7 Å². The van der Waals surface area contributed by atoms with Crippen LogP contribution in [0.2, 0.25) is 5.02 Å². The van der Waals surface area contributed by atoms with E-state index in [9.17, 15) is 10.2 Å². The summed E-state index contributed by atoms with van der Waals surface area (Å²) in [5.41, 5.74) is 2.58. The molecule has 2 aromatic heterocycles. The Kier molecular flexibility index (Phi) is 2.89. The second kappa shape index (κ2) is 4.57. The normalized spacial score (nSPS) is 11.1. The van der Waals surface area contributed by atoms with E-state index in [1.54, 1.807) is 22.7 Å². The number of nitrogens with zero attached hydrogens (tertiary/aromatic N) is 2. The van der Waals surface area contributed by atoms with Gasteiger partial charge in [0.05, 0.1) is 12.3 Å². The number of phenolic OH excluding ortho intramolecular Hbond substituents is 1. The van der Waals surface area contributed by atoms with Crippen LogP contribution < -0.4 is 0 Å². The summed E-state index contributed by atoms with van der Waals surface area (Å²) in [5.74, 6) is 0.123. The van der Waals surface area contributed by atoms with Crippen molar-refractivity contribution in [1.82, 2.24) is 9.38 Å². The number of hydrogen-bond donors (Lipinski definition) is 2. The summed E-state index contributed by atoms with van der Waals surface area (Å²) < 4.78 is 1.81. The first-order valence-electron chi connectivity index (χ1n) is 5.75. The van der Waals surface area contributed by atoms with Crippen LogP contribution in [0.15, 0.2) is 42.7 Å². The third-order valence-electron chi connectivity index (χ3n) is 2.97. The molecule has 0 saturated heterocycles. The monoisotopic (exact) mass is 274 g/mol. The lowest BCUT2D eigenvalue weighted by atomic mass is 10.1. The van der Waals surface area contributed by atoms with Gasteiger partial charge in [-0.2, -0.15) is 0 Å². The van der Waals surface area contributed by atoms with Gasteiger partial charge in [0, 0.05) is 28.5 Å². The Morgan fingerprint density at radius 3 is 2.89 bits per heavy atom. The number of pyridine rings is 1. The lowest BCUT2D eigenvalue weighted by molar-refractivity contribution is 0.282. The molecule has 2 N–H and O–H groups in total. The molecule has 3 aromatic rings. The molecule has 4 nitrogen and oxygen atoms in total. The molecule has 5 heteroatoms. The number of benzene rings is 1. The van der Waals surface area contributed by atoms with E-state index in [4.69, 9.17) is 11.6 Å². The standard InChI is InChI=1S/C14H11ClN2O2/c15-10-3-4-13(19)11(6-10)12-7-17-5-1-2-9(8-18)14(17)16-12/h1-7,18-19H,8H2. The molecule has 0 aliphatic carbocycles. The lowest BCUT2D eigenvalue weighted by Gasteiger charge is -2.00. The summed E-state index contributed by atoms with van der Waals surface area (Å²) in [4.78, 5) is 4.44. The minimum atomic E-state index is -0.0810. The highest BCUT2D eigenvalue weighted by atomic mass is 35.5. The summed E-state index contributed by atoms with van der Waals surface area (Å²) in [6, 6.07) is 8.47. The number of halogens is 1. The molecule has 0 atom stereocenters. The quantitative estimate of drug-likeness (QED) is 0.755. The average molecular weight is 275 g/mol. The number of aliphatic hydroxyl groups is 1. The van der Waals surface area contributed by atoms with E-state index in [1.807, 2.05) is 18.3 Å². The SMILES string of the molecule is OCc1cccn2cc(-c3cc(Cl)ccc3O)nc12. The zero-order chi connectivity index (χ0) is 13.4. The summed E-state index contributed by atoms with van der Waals surface area (Å²) in [7, 11) is 0. The number of aromatic hydroxyl groups is 1. The lowest BCUT2D eigenvalue weighted by Crippen LogP contribution is -1.90. The van der Waals surface area contributed by atoms with Crippen molar-refractivity contribution < 1.29 is 10.2 Å². The van der Waals surface area contributed by atoms with Crippen LogP contribution in [0.4, 0.5) is 0 Å². The van der Waals surface area contributed by atoms with E-state index >= 15 is 0 Å². The highest BCUT2D eigenvalue weighted by molar-refractivity contribution is 6.30. The van der Waals surface area contributed by atoms with Crippen molar-refractivity contribution in [3.8, 4) is 17.0 Å². The van der Waals surface area contributed by atoms with Crippen molar-refractivity contribution in [3.63, 3.8) is 0 Å². The highest BCUT2D eigenvalue weighted by Gasteiger charge is 2.11. The molecule has 1 aromatic carbocycles. The van der Waals surface area contributed by atoms with Crippen LogP contribution in [0.1, 0.15) is 5.56 Å². The number of hydrogen-bond acceptors (Lipinski definition) is 3.